The first kappa shape index (κ1) is 11.5. The third-order valence-electron chi connectivity index (χ3n) is 1.95. The maximum Gasteiger partial charge on any atom is 0.227 e. The van der Waals surface area contributed by atoms with Gasteiger partial charge in [0.15, 0.2) is 11.0 Å². The summed E-state index contributed by atoms with van der Waals surface area (Å²) in [4.78, 5) is 19.3. The third kappa shape index (κ3) is 3.22. The summed E-state index contributed by atoms with van der Waals surface area (Å²) < 4.78 is 1.57. The number of nitrogens with one attached hydrogen (secondary N) is 1. The van der Waals surface area contributed by atoms with Crippen molar-refractivity contribution < 1.29 is 4.79 Å². The van der Waals surface area contributed by atoms with Crippen LogP contribution in [0, 0.1) is 0 Å². The van der Waals surface area contributed by atoms with Crippen LogP contribution in [0.2, 0.25) is 5.15 Å². The number of anilines is 1. The Hall–Kier alpha value is -2.02. The SMILES string of the molecule is O=C(CCn1ccnn1)Nc1nccnc1Cl. The standard InChI is InChI=1S/C9H9ClN6O/c10-8-9(12-3-2-11-8)14-7(17)1-5-16-6-4-13-15-16/h2-4,6H,1,5H2,(H,12,14,17). The van der Waals surface area contributed by atoms with E-state index in [0.717, 1.165) is 0 Å². The molecule has 88 valence electrons. The van der Waals surface area contributed by atoms with Crippen LogP contribution in [0.3, 0.4) is 0 Å². The monoisotopic (exact) mass is 252 g/mol. The minimum atomic E-state index is -0.206. The second-order valence-corrected chi connectivity index (χ2v) is 3.52. The van der Waals surface area contributed by atoms with Crippen LogP contribution in [-0.2, 0) is 11.3 Å². The van der Waals surface area contributed by atoms with Gasteiger partial charge in [0, 0.05) is 25.0 Å². The van der Waals surface area contributed by atoms with Crippen molar-refractivity contribution in [2.24, 2.45) is 0 Å². The van der Waals surface area contributed by atoms with Gasteiger partial charge in [-0.15, -0.1) is 5.10 Å². The highest BCUT2D eigenvalue weighted by molar-refractivity contribution is 6.32. The van der Waals surface area contributed by atoms with Gasteiger partial charge in [0.1, 0.15) is 0 Å². The van der Waals surface area contributed by atoms with Gasteiger partial charge in [0.2, 0.25) is 5.91 Å². The Morgan fingerprint density at radius 2 is 2.18 bits per heavy atom. The molecule has 8 heteroatoms. The Morgan fingerprint density at radius 3 is 2.88 bits per heavy atom. The summed E-state index contributed by atoms with van der Waals surface area (Å²) in [6, 6.07) is 0. The molecule has 2 aromatic heterocycles. The van der Waals surface area contributed by atoms with Crippen LogP contribution in [0.25, 0.3) is 0 Å². The summed E-state index contributed by atoms with van der Waals surface area (Å²) in [5.41, 5.74) is 0. The van der Waals surface area contributed by atoms with E-state index in [1.54, 1.807) is 17.1 Å². The van der Waals surface area contributed by atoms with Crippen LogP contribution in [0.5, 0.6) is 0 Å². The van der Waals surface area contributed by atoms with E-state index >= 15 is 0 Å². The molecule has 2 heterocycles. The highest BCUT2D eigenvalue weighted by atomic mass is 35.5. The third-order valence-corrected chi connectivity index (χ3v) is 2.23. The lowest BCUT2D eigenvalue weighted by Gasteiger charge is -2.04. The maximum atomic E-state index is 11.6. The fourth-order valence-electron chi connectivity index (χ4n) is 1.17. The van der Waals surface area contributed by atoms with Crippen LogP contribution < -0.4 is 5.32 Å². The fourth-order valence-corrected chi connectivity index (χ4v) is 1.32. The summed E-state index contributed by atoms with van der Waals surface area (Å²) in [7, 11) is 0. The van der Waals surface area contributed by atoms with Gasteiger partial charge in [-0.1, -0.05) is 16.8 Å². The Morgan fingerprint density at radius 1 is 1.35 bits per heavy atom. The molecule has 17 heavy (non-hydrogen) atoms. The van der Waals surface area contributed by atoms with Crippen molar-refractivity contribution in [2.75, 3.05) is 5.32 Å². The molecule has 0 aliphatic heterocycles. The normalized spacial score (nSPS) is 10.2. The summed E-state index contributed by atoms with van der Waals surface area (Å²) >= 11 is 5.75. The molecule has 0 bridgehead atoms. The van der Waals surface area contributed by atoms with E-state index in [0.29, 0.717) is 6.54 Å². The number of amides is 1. The largest absolute Gasteiger partial charge is 0.308 e. The first-order valence-corrected chi connectivity index (χ1v) is 5.24. The number of aromatic nitrogens is 5. The molecule has 0 saturated carbocycles. The van der Waals surface area contributed by atoms with E-state index in [9.17, 15) is 4.79 Å². The van der Waals surface area contributed by atoms with Gasteiger partial charge in [-0.2, -0.15) is 0 Å². The Balaban J connectivity index is 1.87. The zero-order valence-corrected chi connectivity index (χ0v) is 9.50. The van der Waals surface area contributed by atoms with Crippen LogP contribution in [0.15, 0.2) is 24.8 Å². The van der Waals surface area contributed by atoms with Crippen molar-refractivity contribution in [1.29, 1.82) is 0 Å². The quantitative estimate of drug-likeness (QED) is 0.868. The smallest absolute Gasteiger partial charge is 0.227 e. The second kappa shape index (κ2) is 5.35. The van der Waals surface area contributed by atoms with Gasteiger partial charge < -0.3 is 5.32 Å². The zero-order chi connectivity index (χ0) is 12.1. The first-order valence-electron chi connectivity index (χ1n) is 4.86. The molecule has 0 fully saturated rings. The molecular weight excluding hydrogens is 244 g/mol. The molecule has 0 spiro atoms. The second-order valence-electron chi connectivity index (χ2n) is 3.16. The number of hydrogen-bond acceptors (Lipinski definition) is 5. The van der Waals surface area contributed by atoms with Crippen LogP contribution >= 0.6 is 11.6 Å². The van der Waals surface area contributed by atoms with E-state index in [-0.39, 0.29) is 23.3 Å². The van der Waals surface area contributed by atoms with Gasteiger partial charge in [-0.05, 0) is 0 Å². The van der Waals surface area contributed by atoms with Crippen molar-refractivity contribution in [1.82, 2.24) is 25.0 Å². The lowest BCUT2D eigenvalue weighted by Crippen LogP contribution is -2.16. The molecule has 0 saturated heterocycles. The molecule has 2 rings (SSSR count). The van der Waals surface area contributed by atoms with Gasteiger partial charge in [-0.3, -0.25) is 9.48 Å². The highest BCUT2D eigenvalue weighted by Gasteiger charge is 2.07. The minimum absolute atomic E-state index is 0.168. The minimum Gasteiger partial charge on any atom is -0.308 e. The summed E-state index contributed by atoms with van der Waals surface area (Å²) in [6.07, 6.45) is 6.41. The maximum absolute atomic E-state index is 11.6. The van der Waals surface area contributed by atoms with E-state index < -0.39 is 0 Å². The van der Waals surface area contributed by atoms with Crippen LogP contribution in [-0.4, -0.2) is 30.9 Å². The van der Waals surface area contributed by atoms with Crippen molar-refractivity contribution >= 4 is 23.3 Å². The number of carbonyl (C=O) groups excluding carboxylic acids is 1. The van der Waals surface area contributed by atoms with Crippen molar-refractivity contribution in [2.45, 2.75) is 13.0 Å². The first-order chi connectivity index (χ1) is 8.25. The van der Waals surface area contributed by atoms with E-state index in [2.05, 4.69) is 25.6 Å². The van der Waals surface area contributed by atoms with Crippen molar-refractivity contribution in [3.63, 3.8) is 0 Å². The Kier molecular flexibility index (Phi) is 3.61. The molecular formula is C9H9ClN6O. The van der Waals surface area contributed by atoms with E-state index in [1.807, 2.05) is 0 Å². The van der Waals surface area contributed by atoms with E-state index in [4.69, 9.17) is 11.6 Å². The number of rotatable bonds is 4. The molecule has 0 aromatic carbocycles. The predicted molar refractivity (Wildman–Crippen MR) is 60.3 cm³/mol. The summed E-state index contributed by atoms with van der Waals surface area (Å²) in [5.74, 6) is 0.0562. The number of carbonyl (C=O) groups is 1. The Labute approximate surface area is 102 Å². The van der Waals surface area contributed by atoms with Gasteiger partial charge in [-0.25, -0.2) is 9.97 Å². The van der Waals surface area contributed by atoms with Gasteiger partial charge in [0.05, 0.1) is 12.7 Å². The van der Waals surface area contributed by atoms with Crippen molar-refractivity contribution in [3.05, 3.63) is 29.9 Å². The zero-order valence-electron chi connectivity index (χ0n) is 8.75. The lowest BCUT2D eigenvalue weighted by atomic mass is 10.4. The average Bonchev–Trinajstić information content (AvgIpc) is 2.82. The van der Waals surface area contributed by atoms with Crippen LogP contribution in [0.1, 0.15) is 6.42 Å². The number of halogens is 1. The predicted octanol–water partition coefficient (Wildman–Crippen LogP) is 0.750. The van der Waals surface area contributed by atoms with Crippen molar-refractivity contribution in [3.8, 4) is 0 Å². The molecule has 0 unspecified atom stereocenters. The Bertz CT molecular complexity index is 500. The number of aryl methyl sites for hydroxylation is 1. The molecule has 0 aliphatic rings. The molecule has 7 nitrogen and oxygen atoms in total. The highest BCUT2D eigenvalue weighted by Crippen LogP contribution is 2.14. The number of hydrogen-bond donors (Lipinski definition) is 1. The van der Waals surface area contributed by atoms with Gasteiger partial charge in [0.25, 0.3) is 0 Å². The summed E-state index contributed by atoms with van der Waals surface area (Å²) in [6.45, 7) is 0.448. The van der Waals surface area contributed by atoms with Gasteiger partial charge >= 0.3 is 0 Å². The van der Waals surface area contributed by atoms with E-state index in [1.165, 1.54) is 12.4 Å². The molecule has 0 aliphatic carbocycles. The topological polar surface area (TPSA) is 85.6 Å². The lowest BCUT2D eigenvalue weighted by molar-refractivity contribution is -0.116. The molecule has 0 atom stereocenters. The molecule has 0 radical (unpaired) electrons. The fraction of sp³-hybridized carbons (Fsp3) is 0.222. The van der Waals surface area contributed by atoms with Crippen LogP contribution in [0.4, 0.5) is 5.82 Å². The summed E-state index contributed by atoms with van der Waals surface area (Å²) in [5, 5.41) is 10.1. The average molecular weight is 253 g/mol. The molecule has 1 amide bonds. The molecule has 1 N–H and O–H groups in total. The number of nitrogens with zero attached hydrogens (tertiary/aromatic N) is 5. The molecule has 2 aromatic rings.